The van der Waals surface area contributed by atoms with Gasteiger partial charge in [-0.15, -0.1) is 0 Å². The molecule has 1 N–H and O–H groups in total. The van der Waals surface area contributed by atoms with E-state index < -0.39 is 5.60 Å². The summed E-state index contributed by atoms with van der Waals surface area (Å²) < 4.78 is 1.09. The van der Waals surface area contributed by atoms with Crippen LogP contribution in [0.15, 0.2) is 22.7 Å². The molecule has 1 aromatic rings. The van der Waals surface area contributed by atoms with Gasteiger partial charge < -0.3 is 5.11 Å². The van der Waals surface area contributed by atoms with Crippen LogP contribution in [0.5, 0.6) is 0 Å². The van der Waals surface area contributed by atoms with Gasteiger partial charge in [-0.25, -0.2) is 0 Å². The topological polar surface area (TPSA) is 20.2 Å². The number of halogens is 1. The molecule has 0 bridgehead atoms. The number of benzene rings is 1. The zero-order chi connectivity index (χ0) is 10.3. The summed E-state index contributed by atoms with van der Waals surface area (Å²) in [6, 6.07) is 6.14. The molecule has 76 valence electrons. The average Bonchev–Trinajstić information content (AvgIpc) is 2.83. The summed E-state index contributed by atoms with van der Waals surface area (Å²) in [4.78, 5) is 0. The summed E-state index contributed by atoms with van der Waals surface area (Å²) in [5.74, 6) is 0.456. The van der Waals surface area contributed by atoms with E-state index in [0.29, 0.717) is 5.92 Å². The fourth-order valence-corrected chi connectivity index (χ4v) is 2.39. The Balaban J connectivity index is 2.31. The van der Waals surface area contributed by atoms with Crippen LogP contribution in [0.1, 0.15) is 30.9 Å². The molecule has 1 nitrogen and oxygen atoms in total. The van der Waals surface area contributed by atoms with Gasteiger partial charge in [0.2, 0.25) is 0 Å². The first-order chi connectivity index (χ1) is 6.58. The zero-order valence-electron chi connectivity index (χ0n) is 8.55. The Hall–Kier alpha value is -0.340. The Morgan fingerprint density at radius 2 is 2.29 bits per heavy atom. The van der Waals surface area contributed by atoms with Crippen molar-refractivity contribution < 1.29 is 5.11 Å². The van der Waals surface area contributed by atoms with Crippen molar-refractivity contribution in [2.75, 3.05) is 0 Å². The standard InChI is InChI=1S/C12H15BrO/c1-3-9-7-12(9,14)10-5-4-8(2)11(13)6-10/h4-6,9,14H,3,7H2,1-2H3. The Kier molecular flexibility index (Phi) is 2.44. The van der Waals surface area contributed by atoms with Crippen LogP contribution >= 0.6 is 15.9 Å². The van der Waals surface area contributed by atoms with Crippen LogP contribution in [0.2, 0.25) is 0 Å². The second-order valence-electron chi connectivity index (χ2n) is 4.20. The second-order valence-corrected chi connectivity index (χ2v) is 5.05. The first-order valence-corrected chi connectivity index (χ1v) is 5.86. The molecule has 2 rings (SSSR count). The molecule has 1 aliphatic rings. The number of rotatable bonds is 2. The highest BCUT2D eigenvalue weighted by Crippen LogP contribution is 2.53. The fourth-order valence-electron chi connectivity index (χ4n) is 2.01. The van der Waals surface area contributed by atoms with Crippen molar-refractivity contribution >= 4 is 15.9 Å². The number of aliphatic hydroxyl groups is 1. The highest BCUT2D eigenvalue weighted by molar-refractivity contribution is 9.10. The summed E-state index contributed by atoms with van der Waals surface area (Å²) in [6.45, 7) is 4.19. The smallest absolute Gasteiger partial charge is 0.0929 e. The Labute approximate surface area is 93.3 Å². The highest BCUT2D eigenvalue weighted by atomic mass is 79.9. The monoisotopic (exact) mass is 254 g/mol. The van der Waals surface area contributed by atoms with Gasteiger partial charge in [-0.2, -0.15) is 0 Å². The van der Waals surface area contributed by atoms with E-state index in [1.807, 2.05) is 12.1 Å². The maximum absolute atomic E-state index is 10.3. The van der Waals surface area contributed by atoms with E-state index in [1.165, 1.54) is 5.56 Å². The zero-order valence-corrected chi connectivity index (χ0v) is 10.1. The van der Waals surface area contributed by atoms with Crippen molar-refractivity contribution in [1.82, 2.24) is 0 Å². The molecule has 1 aliphatic carbocycles. The predicted octanol–water partition coefficient (Wildman–Crippen LogP) is 3.38. The van der Waals surface area contributed by atoms with E-state index in [0.717, 1.165) is 22.9 Å². The van der Waals surface area contributed by atoms with Crippen molar-refractivity contribution in [3.8, 4) is 0 Å². The molecule has 0 aliphatic heterocycles. The molecule has 2 heteroatoms. The van der Waals surface area contributed by atoms with Gasteiger partial charge in [0.25, 0.3) is 0 Å². The number of hydrogen-bond donors (Lipinski definition) is 1. The Morgan fingerprint density at radius 3 is 2.79 bits per heavy atom. The average molecular weight is 255 g/mol. The van der Waals surface area contributed by atoms with Crippen LogP contribution in [0.3, 0.4) is 0 Å². The van der Waals surface area contributed by atoms with Crippen LogP contribution < -0.4 is 0 Å². The van der Waals surface area contributed by atoms with E-state index >= 15 is 0 Å². The molecule has 1 fully saturated rings. The molecule has 0 amide bonds. The quantitative estimate of drug-likeness (QED) is 0.858. The Morgan fingerprint density at radius 1 is 1.57 bits per heavy atom. The van der Waals surface area contributed by atoms with Crippen LogP contribution in [-0.2, 0) is 5.60 Å². The summed E-state index contributed by atoms with van der Waals surface area (Å²) in [7, 11) is 0. The van der Waals surface area contributed by atoms with E-state index in [-0.39, 0.29) is 0 Å². The van der Waals surface area contributed by atoms with Crippen molar-refractivity contribution in [3.05, 3.63) is 33.8 Å². The van der Waals surface area contributed by atoms with Crippen LogP contribution in [0.25, 0.3) is 0 Å². The highest BCUT2D eigenvalue weighted by Gasteiger charge is 2.52. The molecule has 0 spiro atoms. The van der Waals surface area contributed by atoms with E-state index in [9.17, 15) is 5.11 Å². The van der Waals surface area contributed by atoms with Gasteiger partial charge in [0.05, 0.1) is 5.60 Å². The lowest BCUT2D eigenvalue weighted by molar-refractivity contribution is 0.130. The lowest BCUT2D eigenvalue weighted by atomic mass is 10.0. The minimum absolute atomic E-state index is 0.456. The lowest BCUT2D eigenvalue weighted by Crippen LogP contribution is -2.08. The van der Waals surface area contributed by atoms with Gasteiger partial charge in [-0.05, 0) is 36.5 Å². The maximum Gasteiger partial charge on any atom is 0.0929 e. The van der Waals surface area contributed by atoms with Gasteiger partial charge in [0.1, 0.15) is 0 Å². The van der Waals surface area contributed by atoms with Crippen molar-refractivity contribution in [1.29, 1.82) is 0 Å². The largest absolute Gasteiger partial charge is 0.385 e. The summed E-state index contributed by atoms with van der Waals surface area (Å²) in [5.41, 5.74) is 1.73. The molecule has 2 unspecified atom stereocenters. The third-order valence-electron chi connectivity index (χ3n) is 3.24. The molecule has 2 atom stereocenters. The molecule has 1 aromatic carbocycles. The fraction of sp³-hybridized carbons (Fsp3) is 0.500. The van der Waals surface area contributed by atoms with Crippen molar-refractivity contribution in [2.45, 2.75) is 32.3 Å². The molecule has 1 saturated carbocycles. The van der Waals surface area contributed by atoms with Crippen LogP contribution in [0, 0.1) is 12.8 Å². The maximum atomic E-state index is 10.3. The van der Waals surface area contributed by atoms with Crippen molar-refractivity contribution in [2.24, 2.45) is 5.92 Å². The normalized spacial score (nSPS) is 30.4. The molecular formula is C12H15BrO. The second kappa shape index (κ2) is 3.35. The molecule has 0 heterocycles. The summed E-state index contributed by atoms with van der Waals surface area (Å²) in [6.07, 6.45) is 1.97. The SMILES string of the molecule is CCC1CC1(O)c1ccc(C)c(Br)c1. The van der Waals surface area contributed by atoms with Crippen LogP contribution in [0.4, 0.5) is 0 Å². The molecule has 14 heavy (non-hydrogen) atoms. The van der Waals surface area contributed by atoms with Gasteiger partial charge >= 0.3 is 0 Å². The van der Waals surface area contributed by atoms with E-state index in [1.54, 1.807) is 0 Å². The van der Waals surface area contributed by atoms with Gasteiger partial charge in [0, 0.05) is 4.47 Å². The van der Waals surface area contributed by atoms with E-state index in [2.05, 4.69) is 35.8 Å². The third-order valence-corrected chi connectivity index (χ3v) is 4.09. The molecule has 0 aromatic heterocycles. The molecule has 0 saturated heterocycles. The number of hydrogen-bond acceptors (Lipinski definition) is 1. The molecular weight excluding hydrogens is 240 g/mol. The van der Waals surface area contributed by atoms with Crippen LogP contribution in [-0.4, -0.2) is 5.11 Å². The first kappa shape index (κ1) is 10.2. The third kappa shape index (κ3) is 1.51. The van der Waals surface area contributed by atoms with E-state index in [4.69, 9.17) is 0 Å². The minimum atomic E-state index is -0.537. The van der Waals surface area contributed by atoms with Gasteiger partial charge in [-0.3, -0.25) is 0 Å². The summed E-state index contributed by atoms with van der Waals surface area (Å²) in [5, 5.41) is 10.3. The number of aryl methyl sites for hydroxylation is 1. The van der Waals surface area contributed by atoms with Gasteiger partial charge in [0.15, 0.2) is 0 Å². The first-order valence-electron chi connectivity index (χ1n) is 5.07. The molecule has 0 radical (unpaired) electrons. The lowest BCUT2D eigenvalue weighted by Gasteiger charge is -2.11. The Bertz CT molecular complexity index is 361. The minimum Gasteiger partial charge on any atom is -0.385 e. The predicted molar refractivity (Wildman–Crippen MR) is 61.2 cm³/mol. The van der Waals surface area contributed by atoms with Crippen molar-refractivity contribution in [3.63, 3.8) is 0 Å². The van der Waals surface area contributed by atoms with Gasteiger partial charge in [-0.1, -0.05) is 41.4 Å². The summed E-state index contributed by atoms with van der Waals surface area (Å²) >= 11 is 3.50.